The van der Waals surface area contributed by atoms with Crippen molar-refractivity contribution < 1.29 is 4.79 Å². The van der Waals surface area contributed by atoms with Gasteiger partial charge in [0.25, 0.3) is 0 Å². The molecule has 2 atom stereocenters. The smallest absolute Gasteiger partial charge is 0.226 e. The molecule has 1 aliphatic heterocycles. The van der Waals surface area contributed by atoms with Crippen molar-refractivity contribution in [3.63, 3.8) is 0 Å². The lowest BCUT2D eigenvalue weighted by Gasteiger charge is -2.42. The summed E-state index contributed by atoms with van der Waals surface area (Å²) in [6, 6.07) is 0.705. The molecule has 3 heteroatoms. The van der Waals surface area contributed by atoms with Crippen LogP contribution in [0.5, 0.6) is 0 Å². The Bertz CT molecular complexity index is 261. The van der Waals surface area contributed by atoms with Gasteiger partial charge in [0.05, 0.1) is 0 Å². The number of hydrogen-bond donors (Lipinski definition) is 1. The van der Waals surface area contributed by atoms with E-state index in [1.54, 1.807) is 0 Å². The third-order valence-corrected chi connectivity index (χ3v) is 4.45. The summed E-state index contributed by atoms with van der Waals surface area (Å²) in [7, 11) is 0. The van der Waals surface area contributed by atoms with E-state index >= 15 is 0 Å². The molecule has 2 unspecified atom stereocenters. The van der Waals surface area contributed by atoms with Crippen LogP contribution in [0.25, 0.3) is 0 Å². The van der Waals surface area contributed by atoms with Gasteiger partial charge in [-0.3, -0.25) is 4.79 Å². The normalized spacial score (nSPS) is 39.1. The molecule has 1 saturated heterocycles. The quantitative estimate of drug-likeness (QED) is 0.758. The van der Waals surface area contributed by atoms with Crippen molar-refractivity contribution >= 4 is 5.91 Å². The molecule has 2 rings (SSSR count). The van der Waals surface area contributed by atoms with Gasteiger partial charge in [-0.15, -0.1) is 0 Å². The predicted octanol–water partition coefficient (Wildman–Crippen LogP) is 2.02. The molecule has 2 aliphatic rings. The van der Waals surface area contributed by atoms with Crippen molar-refractivity contribution in [2.75, 3.05) is 13.1 Å². The first-order valence-electron chi connectivity index (χ1n) is 7.12. The molecular weight excluding hydrogens is 212 g/mol. The lowest BCUT2D eigenvalue weighted by molar-refractivity contribution is -0.142. The second-order valence-electron chi connectivity index (χ2n) is 6.06. The van der Waals surface area contributed by atoms with Crippen molar-refractivity contribution in [2.45, 2.75) is 58.5 Å². The van der Waals surface area contributed by atoms with Gasteiger partial charge < -0.3 is 10.2 Å². The highest BCUT2D eigenvalue weighted by Crippen LogP contribution is 2.30. The lowest BCUT2D eigenvalue weighted by Crippen LogP contribution is -2.58. The summed E-state index contributed by atoms with van der Waals surface area (Å²) >= 11 is 0. The molecule has 0 bridgehead atoms. The molecule has 0 aromatic rings. The number of hydrogen-bond acceptors (Lipinski definition) is 2. The van der Waals surface area contributed by atoms with Gasteiger partial charge in [0.15, 0.2) is 0 Å². The highest BCUT2D eigenvalue weighted by Gasteiger charge is 2.34. The van der Waals surface area contributed by atoms with Gasteiger partial charge in [-0.05, 0) is 45.4 Å². The van der Waals surface area contributed by atoms with E-state index in [9.17, 15) is 4.79 Å². The van der Waals surface area contributed by atoms with Crippen LogP contribution in [0.15, 0.2) is 0 Å². The largest absolute Gasteiger partial charge is 0.334 e. The van der Waals surface area contributed by atoms with Crippen LogP contribution >= 0.6 is 0 Å². The summed E-state index contributed by atoms with van der Waals surface area (Å²) in [4.78, 5) is 14.7. The molecule has 2 fully saturated rings. The van der Waals surface area contributed by atoms with Gasteiger partial charge in [-0.1, -0.05) is 6.92 Å². The summed E-state index contributed by atoms with van der Waals surface area (Å²) in [5.41, 5.74) is 0. The fourth-order valence-electron chi connectivity index (χ4n) is 3.28. The number of carbonyl (C=O) groups is 1. The van der Waals surface area contributed by atoms with Crippen LogP contribution in [-0.4, -0.2) is 36.0 Å². The van der Waals surface area contributed by atoms with Crippen LogP contribution in [0.3, 0.4) is 0 Å². The average molecular weight is 238 g/mol. The zero-order valence-corrected chi connectivity index (χ0v) is 11.4. The third-order valence-electron chi connectivity index (χ3n) is 4.45. The van der Waals surface area contributed by atoms with Crippen LogP contribution in [0.1, 0.15) is 46.5 Å². The number of nitrogens with zero attached hydrogens (tertiary/aromatic N) is 1. The third kappa shape index (κ3) is 2.82. The van der Waals surface area contributed by atoms with Crippen molar-refractivity contribution in [1.82, 2.24) is 10.2 Å². The monoisotopic (exact) mass is 238 g/mol. The zero-order valence-electron chi connectivity index (χ0n) is 11.4. The van der Waals surface area contributed by atoms with E-state index in [4.69, 9.17) is 0 Å². The maximum absolute atomic E-state index is 12.6. The molecular formula is C14H26N2O. The van der Waals surface area contributed by atoms with Crippen LogP contribution in [0, 0.1) is 11.8 Å². The molecule has 3 nitrogen and oxygen atoms in total. The molecule has 17 heavy (non-hydrogen) atoms. The average Bonchev–Trinajstić information content (AvgIpc) is 2.29. The lowest BCUT2D eigenvalue weighted by atomic mass is 9.82. The Morgan fingerprint density at radius 3 is 2.06 bits per heavy atom. The van der Waals surface area contributed by atoms with E-state index in [0.717, 1.165) is 31.8 Å². The van der Waals surface area contributed by atoms with Crippen LogP contribution in [-0.2, 0) is 4.79 Å². The predicted molar refractivity (Wildman–Crippen MR) is 69.8 cm³/mol. The van der Waals surface area contributed by atoms with Gasteiger partial charge in [0, 0.05) is 31.1 Å². The topological polar surface area (TPSA) is 32.3 Å². The van der Waals surface area contributed by atoms with Gasteiger partial charge >= 0.3 is 0 Å². The van der Waals surface area contributed by atoms with E-state index in [2.05, 4.69) is 31.0 Å². The number of amides is 1. The fourth-order valence-corrected chi connectivity index (χ4v) is 3.28. The van der Waals surface area contributed by atoms with Crippen LogP contribution in [0.2, 0.25) is 0 Å². The number of rotatable bonds is 1. The molecule has 1 amide bonds. The van der Waals surface area contributed by atoms with Crippen molar-refractivity contribution in [3.8, 4) is 0 Å². The second-order valence-corrected chi connectivity index (χ2v) is 6.06. The van der Waals surface area contributed by atoms with E-state index in [1.165, 1.54) is 12.8 Å². The molecule has 98 valence electrons. The summed E-state index contributed by atoms with van der Waals surface area (Å²) in [6.45, 7) is 8.51. The zero-order chi connectivity index (χ0) is 12.4. The Labute approximate surface area is 105 Å². The maximum atomic E-state index is 12.6. The molecule has 1 saturated carbocycles. The molecule has 0 aromatic heterocycles. The van der Waals surface area contributed by atoms with Gasteiger partial charge in [-0.25, -0.2) is 0 Å². The highest BCUT2D eigenvalue weighted by atomic mass is 16.2. The van der Waals surface area contributed by atoms with Gasteiger partial charge in [-0.2, -0.15) is 0 Å². The number of piperazine rings is 1. The SMILES string of the molecule is CC1CCC(C(=O)N2C(C)CNCC2C)CC1. The first-order chi connectivity index (χ1) is 8.09. The van der Waals surface area contributed by atoms with E-state index < -0.39 is 0 Å². The summed E-state index contributed by atoms with van der Waals surface area (Å²) in [6.07, 6.45) is 4.66. The Morgan fingerprint density at radius 1 is 1.00 bits per heavy atom. The molecule has 0 spiro atoms. The Kier molecular flexibility index (Phi) is 4.08. The minimum absolute atomic E-state index is 0.300. The molecule has 1 heterocycles. The standard InChI is InChI=1S/C14H26N2O/c1-10-4-6-13(7-5-10)14(17)16-11(2)8-15-9-12(16)3/h10-13,15H,4-9H2,1-3H3. The minimum atomic E-state index is 0.300. The Balaban J connectivity index is 1.98. The second kappa shape index (κ2) is 5.38. The summed E-state index contributed by atoms with van der Waals surface area (Å²) < 4.78 is 0. The van der Waals surface area contributed by atoms with Gasteiger partial charge in [0.2, 0.25) is 5.91 Å². The van der Waals surface area contributed by atoms with E-state index in [-0.39, 0.29) is 0 Å². The maximum Gasteiger partial charge on any atom is 0.226 e. The van der Waals surface area contributed by atoms with Crippen LogP contribution in [0.4, 0.5) is 0 Å². The van der Waals surface area contributed by atoms with E-state index in [0.29, 0.717) is 23.9 Å². The number of carbonyl (C=O) groups excluding carboxylic acids is 1. The Morgan fingerprint density at radius 2 is 1.53 bits per heavy atom. The fraction of sp³-hybridized carbons (Fsp3) is 0.929. The van der Waals surface area contributed by atoms with Crippen molar-refractivity contribution in [3.05, 3.63) is 0 Å². The van der Waals surface area contributed by atoms with Gasteiger partial charge in [0.1, 0.15) is 0 Å². The van der Waals surface area contributed by atoms with Crippen molar-refractivity contribution in [2.24, 2.45) is 11.8 Å². The van der Waals surface area contributed by atoms with E-state index in [1.807, 2.05) is 0 Å². The van der Waals surface area contributed by atoms with Crippen molar-refractivity contribution in [1.29, 1.82) is 0 Å². The molecule has 0 radical (unpaired) electrons. The first kappa shape index (κ1) is 12.9. The molecule has 1 N–H and O–H groups in total. The Hall–Kier alpha value is -0.570. The van der Waals surface area contributed by atoms with Crippen LogP contribution < -0.4 is 5.32 Å². The number of nitrogens with one attached hydrogen (secondary N) is 1. The minimum Gasteiger partial charge on any atom is -0.334 e. The first-order valence-corrected chi connectivity index (χ1v) is 7.12. The summed E-state index contributed by atoms with van der Waals surface area (Å²) in [5.74, 6) is 1.53. The summed E-state index contributed by atoms with van der Waals surface area (Å²) in [5, 5.41) is 3.39. The highest BCUT2D eigenvalue weighted by molar-refractivity contribution is 5.79. The molecule has 0 aromatic carbocycles. The molecule has 1 aliphatic carbocycles.